The second kappa shape index (κ2) is 5.13. The SMILES string of the molecule is Cc1ccc(C)c(C=C(CO)C(C)C)c1. The Kier molecular flexibility index (Phi) is 4.10. The predicted molar refractivity (Wildman–Crippen MR) is 65.8 cm³/mol. The minimum atomic E-state index is 0.144. The van der Waals surface area contributed by atoms with Crippen LogP contribution in [0.3, 0.4) is 0 Å². The summed E-state index contributed by atoms with van der Waals surface area (Å²) in [6.07, 6.45) is 2.10. The van der Waals surface area contributed by atoms with E-state index < -0.39 is 0 Å². The number of hydrogen-bond donors (Lipinski definition) is 1. The fraction of sp³-hybridized carbons (Fsp3) is 0.429. The molecule has 1 nitrogen and oxygen atoms in total. The highest BCUT2D eigenvalue weighted by Crippen LogP contribution is 2.18. The van der Waals surface area contributed by atoms with Crippen molar-refractivity contribution in [1.29, 1.82) is 0 Å². The van der Waals surface area contributed by atoms with E-state index in [2.05, 4.69) is 52.0 Å². The summed E-state index contributed by atoms with van der Waals surface area (Å²) < 4.78 is 0. The molecule has 0 fully saturated rings. The molecule has 1 N–H and O–H groups in total. The summed E-state index contributed by atoms with van der Waals surface area (Å²) in [7, 11) is 0. The Morgan fingerprint density at radius 2 is 2.00 bits per heavy atom. The molecule has 1 heteroatoms. The smallest absolute Gasteiger partial charge is 0.0647 e. The van der Waals surface area contributed by atoms with Crippen LogP contribution in [0.25, 0.3) is 6.08 Å². The average Bonchev–Trinajstić information content (AvgIpc) is 2.18. The number of rotatable bonds is 3. The second-order valence-electron chi connectivity index (χ2n) is 4.39. The summed E-state index contributed by atoms with van der Waals surface area (Å²) >= 11 is 0. The van der Waals surface area contributed by atoms with Gasteiger partial charge in [-0.25, -0.2) is 0 Å². The van der Waals surface area contributed by atoms with Gasteiger partial charge in [0, 0.05) is 0 Å². The minimum absolute atomic E-state index is 0.144. The largest absolute Gasteiger partial charge is 0.392 e. The summed E-state index contributed by atoms with van der Waals surface area (Å²) in [5.74, 6) is 0.398. The van der Waals surface area contributed by atoms with Gasteiger partial charge in [-0.1, -0.05) is 43.7 Å². The van der Waals surface area contributed by atoms with Crippen molar-refractivity contribution in [3.05, 3.63) is 40.5 Å². The molecular formula is C14H20O. The first kappa shape index (κ1) is 12.0. The average molecular weight is 204 g/mol. The zero-order valence-corrected chi connectivity index (χ0v) is 10.0. The Morgan fingerprint density at radius 1 is 1.33 bits per heavy atom. The molecule has 82 valence electrons. The monoisotopic (exact) mass is 204 g/mol. The fourth-order valence-electron chi connectivity index (χ4n) is 1.51. The Hall–Kier alpha value is -1.08. The quantitative estimate of drug-likeness (QED) is 0.800. The van der Waals surface area contributed by atoms with Crippen molar-refractivity contribution in [1.82, 2.24) is 0 Å². The summed E-state index contributed by atoms with van der Waals surface area (Å²) in [5, 5.41) is 9.25. The Bertz CT molecular complexity index is 362. The molecule has 0 atom stereocenters. The first-order valence-corrected chi connectivity index (χ1v) is 5.43. The molecule has 0 aliphatic rings. The topological polar surface area (TPSA) is 20.2 Å². The van der Waals surface area contributed by atoms with Gasteiger partial charge in [0.15, 0.2) is 0 Å². The van der Waals surface area contributed by atoms with Crippen molar-refractivity contribution >= 4 is 6.08 Å². The van der Waals surface area contributed by atoms with Crippen LogP contribution in [0, 0.1) is 19.8 Å². The van der Waals surface area contributed by atoms with Crippen molar-refractivity contribution in [3.8, 4) is 0 Å². The molecule has 0 radical (unpaired) electrons. The third-order valence-corrected chi connectivity index (χ3v) is 2.70. The lowest BCUT2D eigenvalue weighted by molar-refractivity contribution is 0.320. The van der Waals surface area contributed by atoms with E-state index >= 15 is 0 Å². The molecule has 0 aliphatic carbocycles. The number of hydrogen-bond acceptors (Lipinski definition) is 1. The third-order valence-electron chi connectivity index (χ3n) is 2.70. The van der Waals surface area contributed by atoms with Gasteiger partial charge in [0.05, 0.1) is 6.61 Å². The van der Waals surface area contributed by atoms with Gasteiger partial charge < -0.3 is 5.11 Å². The number of aliphatic hydroxyl groups is 1. The first-order chi connectivity index (χ1) is 7.04. The van der Waals surface area contributed by atoms with E-state index in [-0.39, 0.29) is 6.61 Å². The molecule has 0 saturated carbocycles. The molecule has 1 aromatic carbocycles. The maximum Gasteiger partial charge on any atom is 0.0647 e. The van der Waals surface area contributed by atoms with Crippen LogP contribution in [0.4, 0.5) is 0 Å². The summed E-state index contributed by atoms with van der Waals surface area (Å²) in [6, 6.07) is 6.39. The van der Waals surface area contributed by atoms with Gasteiger partial charge in [-0.3, -0.25) is 0 Å². The third kappa shape index (κ3) is 3.21. The Labute approximate surface area is 92.5 Å². The Balaban J connectivity index is 3.10. The molecule has 0 unspecified atom stereocenters. The van der Waals surface area contributed by atoms with E-state index in [0.717, 1.165) is 5.57 Å². The van der Waals surface area contributed by atoms with E-state index in [9.17, 15) is 5.11 Å². The molecule has 0 amide bonds. The molecule has 0 heterocycles. The number of benzene rings is 1. The number of aryl methyl sites for hydroxylation is 2. The van der Waals surface area contributed by atoms with Gasteiger partial charge >= 0.3 is 0 Å². The number of aliphatic hydroxyl groups excluding tert-OH is 1. The summed E-state index contributed by atoms with van der Waals surface area (Å²) in [5.41, 5.74) is 4.82. The predicted octanol–water partition coefficient (Wildman–Crippen LogP) is 3.34. The van der Waals surface area contributed by atoms with Gasteiger partial charge in [0.2, 0.25) is 0 Å². The highest BCUT2D eigenvalue weighted by molar-refractivity contribution is 5.57. The van der Waals surface area contributed by atoms with E-state index in [1.54, 1.807) is 0 Å². The van der Waals surface area contributed by atoms with Gasteiger partial charge in [-0.15, -0.1) is 0 Å². The standard InChI is InChI=1S/C14H20O/c1-10(2)14(9-15)8-13-7-11(3)5-6-12(13)4/h5-8,10,15H,9H2,1-4H3. The highest BCUT2D eigenvalue weighted by Gasteiger charge is 2.03. The maximum atomic E-state index is 9.25. The van der Waals surface area contributed by atoms with Crippen molar-refractivity contribution < 1.29 is 5.11 Å². The van der Waals surface area contributed by atoms with Crippen LogP contribution in [-0.2, 0) is 0 Å². The zero-order valence-electron chi connectivity index (χ0n) is 10.0. The first-order valence-electron chi connectivity index (χ1n) is 5.43. The van der Waals surface area contributed by atoms with Crippen LogP contribution in [0.1, 0.15) is 30.5 Å². The molecule has 0 bridgehead atoms. The van der Waals surface area contributed by atoms with Crippen molar-refractivity contribution in [2.45, 2.75) is 27.7 Å². The van der Waals surface area contributed by atoms with E-state index in [1.165, 1.54) is 16.7 Å². The van der Waals surface area contributed by atoms with Gasteiger partial charge in [-0.05, 0) is 36.5 Å². The molecule has 0 aromatic heterocycles. The lowest BCUT2D eigenvalue weighted by Crippen LogP contribution is -1.99. The molecule has 1 aromatic rings. The fourth-order valence-corrected chi connectivity index (χ4v) is 1.51. The van der Waals surface area contributed by atoms with Crippen LogP contribution in [0.5, 0.6) is 0 Å². The van der Waals surface area contributed by atoms with Gasteiger partial charge in [0.1, 0.15) is 0 Å². The van der Waals surface area contributed by atoms with E-state index in [0.29, 0.717) is 5.92 Å². The van der Waals surface area contributed by atoms with Crippen molar-refractivity contribution in [2.24, 2.45) is 5.92 Å². The summed E-state index contributed by atoms with van der Waals surface area (Å²) in [6.45, 7) is 8.54. The molecule has 0 spiro atoms. The molecule has 15 heavy (non-hydrogen) atoms. The van der Waals surface area contributed by atoms with Crippen molar-refractivity contribution in [3.63, 3.8) is 0 Å². The van der Waals surface area contributed by atoms with Gasteiger partial charge in [0.25, 0.3) is 0 Å². The molecule has 0 saturated heterocycles. The van der Waals surface area contributed by atoms with Crippen LogP contribution < -0.4 is 0 Å². The lowest BCUT2D eigenvalue weighted by Gasteiger charge is -2.10. The van der Waals surface area contributed by atoms with Crippen LogP contribution in [-0.4, -0.2) is 11.7 Å². The lowest BCUT2D eigenvalue weighted by atomic mass is 9.98. The van der Waals surface area contributed by atoms with Gasteiger partial charge in [-0.2, -0.15) is 0 Å². The van der Waals surface area contributed by atoms with E-state index in [4.69, 9.17) is 0 Å². The molecule has 1 rings (SSSR count). The second-order valence-corrected chi connectivity index (χ2v) is 4.39. The highest BCUT2D eigenvalue weighted by atomic mass is 16.3. The van der Waals surface area contributed by atoms with E-state index in [1.807, 2.05) is 0 Å². The van der Waals surface area contributed by atoms with Crippen LogP contribution in [0.2, 0.25) is 0 Å². The van der Waals surface area contributed by atoms with Crippen LogP contribution in [0.15, 0.2) is 23.8 Å². The van der Waals surface area contributed by atoms with Crippen molar-refractivity contribution in [2.75, 3.05) is 6.61 Å². The Morgan fingerprint density at radius 3 is 2.53 bits per heavy atom. The van der Waals surface area contributed by atoms with Crippen LogP contribution >= 0.6 is 0 Å². The molecular weight excluding hydrogens is 184 g/mol. The maximum absolute atomic E-state index is 9.25. The molecule has 0 aliphatic heterocycles. The zero-order chi connectivity index (χ0) is 11.4. The summed E-state index contributed by atoms with van der Waals surface area (Å²) in [4.78, 5) is 0. The normalized spacial score (nSPS) is 12.3. The minimum Gasteiger partial charge on any atom is -0.392 e.